The summed E-state index contributed by atoms with van der Waals surface area (Å²) in [6.07, 6.45) is 2.23. The lowest BCUT2D eigenvalue weighted by atomic mass is 10.3. The van der Waals surface area contributed by atoms with E-state index >= 15 is 0 Å². The van der Waals surface area contributed by atoms with Gasteiger partial charge in [0.2, 0.25) is 0 Å². The van der Waals surface area contributed by atoms with E-state index in [1.807, 2.05) is 13.8 Å². The van der Waals surface area contributed by atoms with E-state index in [9.17, 15) is 9.18 Å². The Morgan fingerprint density at radius 3 is 2.53 bits per heavy atom. The normalized spacial score (nSPS) is 9.27. The Bertz CT molecular complexity index is 514. The molecule has 15 heavy (non-hydrogen) atoms. The Balaban J connectivity index is 0.000000531. The molecule has 0 saturated heterocycles. The van der Waals surface area contributed by atoms with Crippen molar-refractivity contribution < 1.29 is 4.39 Å². The van der Waals surface area contributed by atoms with Gasteiger partial charge in [0.25, 0.3) is 0 Å². The quantitative estimate of drug-likeness (QED) is 0.663. The fourth-order valence-corrected chi connectivity index (χ4v) is 1.02. The summed E-state index contributed by atoms with van der Waals surface area (Å²) in [4.78, 5) is 18.4. The lowest BCUT2D eigenvalue weighted by Gasteiger charge is -1.89. The van der Waals surface area contributed by atoms with Gasteiger partial charge in [0.05, 0.1) is 12.4 Å². The smallest absolute Gasteiger partial charge is 0.196 e. The number of aromatic nitrogens is 2. The van der Waals surface area contributed by atoms with Crippen molar-refractivity contribution in [2.75, 3.05) is 0 Å². The molecule has 2 aromatic heterocycles. The topological polar surface area (TPSA) is 42.9 Å². The van der Waals surface area contributed by atoms with E-state index in [2.05, 4.69) is 9.97 Å². The van der Waals surface area contributed by atoms with Gasteiger partial charge in [-0.3, -0.25) is 4.79 Å². The number of fused-ring (bicyclic) bond motifs is 1. The molecule has 0 spiro atoms. The highest BCUT2D eigenvalue weighted by Gasteiger charge is 1.95. The van der Waals surface area contributed by atoms with Gasteiger partial charge < -0.3 is 0 Å². The molecule has 2 aromatic rings. The van der Waals surface area contributed by atoms with Gasteiger partial charge in [-0.2, -0.15) is 0 Å². The number of halogens is 1. The monoisotopic (exact) mass is 206 g/mol. The Morgan fingerprint density at radius 2 is 1.80 bits per heavy atom. The molecule has 0 aromatic carbocycles. The number of hydrogen-bond acceptors (Lipinski definition) is 3. The largest absolute Gasteiger partial charge is 0.288 e. The van der Waals surface area contributed by atoms with E-state index in [4.69, 9.17) is 0 Å². The molecule has 0 aliphatic carbocycles. The van der Waals surface area contributed by atoms with Gasteiger partial charge in [0, 0.05) is 5.39 Å². The summed E-state index contributed by atoms with van der Waals surface area (Å²) in [6, 6.07) is 4.12. The Kier molecular flexibility index (Phi) is 3.85. The molecule has 3 nitrogen and oxygen atoms in total. The third-order valence-electron chi connectivity index (χ3n) is 1.60. The molecule has 0 N–H and O–H groups in total. The summed E-state index contributed by atoms with van der Waals surface area (Å²) in [5.41, 5.74) is 0.141. The van der Waals surface area contributed by atoms with Crippen LogP contribution in [0.3, 0.4) is 0 Å². The first kappa shape index (κ1) is 11.2. The zero-order valence-electron chi connectivity index (χ0n) is 8.57. The maximum absolute atomic E-state index is 12.7. The lowest BCUT2D eigenvalue weighted by Crippen LogP contribution is -1.90. The highest BCUT2D eigenvalue weighted by atomic mass is 19.1. The first-order chi connectivity index (χ1) is 7.25. The van der Waals surface area contributed by atoms with Crippen LogP contribution in [0.25, 0.3) is 11.0 Å². The molecule has 0 aliphatic rings. The van der Waals surface area contributed by atoms with Crippen LogP contribution in [-0.2, 0) is 0 Å². The van der Waals surface area contributed by atoms with Gasteiger partial charge in [-0.05, 0) is 18.2 Å². The SMILES string of the molecule is CC.O=c1ccc2cc(F)cnc2nc1. The second-order valence-corrected chi connectivity index (χ2v) is 2.56. The second-order valence-electron chi connectivity index (χ2n) is 2.56. The maximum atomic E-state index is 12.7. The van der Waals surface area contributed by atoms with E-state index < -0.39 is 5.82 Å². The maximum Gasteiger partial charge on any atom is 0.196 e. The highest BCUT2D eigenvalue weighted by Crippen LogP contribution is 2.06. The summed E-state index contributed by atoms with van der Waals surface area (Å²) in [6.45, 7) is 4.00. The summed E-state index contributed by atoms with van der Waals surface area (Å²) in [5, 5.41) is 0.516. The first-order valence-corrected chi connectivity index (χ1v) is 4.67. The van der Waals surface area contributed by atoms with E-state index in [-0.39, 0.29) is 5.43 Å². The van der Waals surface area contributed by atoms with Gasteiger partial charge in [-0.25, -0.2) is 14.4 Å². The average Bonchev–Trinajstić information content (AvgIpc) is 2.44. The Hall–Kier alpha value is -1.84. The molecule has 0 amide bonds. The van der Waals surface area contributed by atoms with Crippen molar-refractivity contribution in [2.45, 2.75) is 13.8 Å². The van der Waals surface area contributed by atoms with Crippen molar-refractivity contribution in [2.24, 2.45) is 0 Å². The minimum atomic E-state index is -0.437. The van der Waals surface area contributed by atoms with Gasteiger partial charge in [-0.15, -0.1) is 0 Å². The summed E-state index contributed by atoms with van der Waals surface area (Å²) >= 11 is 0. The van der Waals surface area contributed by atoms with Crippen LogP contribution < -0.4 is 5.43 Å². The van der Waals surface area contributed by atoms with Crippen molar-refractivity contribution in [3.63, 3.8) is 0 Å². The van der Waals surface area contributed by atoms with Crippen LogP contribution in [0.15, 0.2) is 35.4 Å². The van der Waals surface area contributed by atoms with Crippen LogP contribution in [-0.4, -0.2) is 9.97 Å². The number of hydrogen-bond donors (Lipinski definition) is 0. The zero-order chi connectivity index (χ0) is 11.3. The van der Waals surface area contributed by atoms with E-state index in [1.165, 1.54) is 18.2 Å². The highest BCUT2D eigenvalue weighted by molar-refractivity contribution is 5.73. The van der Waals surface area contributed by atoms with Gasteiger partial charge >= 0.3 is 0 Å². The summed E-state index contributed by atoms with van der Waals surface area (Å²) < 4.78 is 12.7. The number of nitrogens with zero attached hydrogens (tertiary/aromatic N) is 2. The molecular formula is C11H11FN2O. The lowest BCUT2D eigenvalue weighted by molar-refractivity contribution is 0.624. The van der Waals surface area contributed by atoms with Crippen LogP contribution in [0.4, 0.5) is 4.39 Å². The fourth-order valence-electron chi connectivity index (χ4n) is 1.02. The molecule has 0 saturated carbocycles. The van der Waals surface area contributed by atoms with Gasteiger partial charge in [0.15, 0.2) is 11.1 Å². The third-order valence-corrected chi connectivity index (χ3v) is 1.60. The molecule has 0 fully saturated rings. The van der Waals surface area contributed by atoms with Crippen LogP contribution in [0.2, 0.25) is 0 Å². The van der Waals surface area contributed by atoms with Crippen LogP contribution >= 0.6 is 0 Å². The fraction of sp³-hybridized carbons (Fsp3) is 0.182. The summed E-state index contributed by atoms with van der Waals surface area (Å²) in [5.74, 6) is -0.437. The van der Waals surface area contributed by atoms with Crippen molar-refractivity contribution in [1.82, 2.24) is 9.97 Å². The molecule has 4 heteroatoms. The first-order valence-electron chi connectivity index (χ1n) is 4.67. The molecule has 0 aliphatic heterocycles. The molecular weight excluding hydrogens is 195 g/mol. The molecule has 78 valence electrons. The predicted molar refractivity (Wildman–Crippen MR) is 57.1 cm³/mol. The van der Waals surface area contributed by atoms with Crippen LogP contribution in [0, 0.1) is 5.82 Å². The average molecular weight is 206 g/mol. The third kappa shape index (κ3) is 2.80. The number of pyridine rings is 1. The van der Waals surface area contributed by atoms with E-state index in [1.54, 1.807) is 0 Å². The van der Waals surface area contributed by atoms with Crippen LogP contribution in [0.1, 0.15) is 13.8 Å². The van der Waals surface area contributed by atoms with E-state index in [0.717, 1.165) is 12.4 Å². The minimum Gasteiger partial charge on any atom is -0.288 e. The minimum absolute atomic E-state index is 0.224. The molecule has 2 rings (SSSR count). The zero-order valence-corrected chi connectivity index (χ0v) is 8.57. The molecule has 0 bridgehead atoms. The predicted octanol–water partition coefficient (Wildman–Crippen LogP) is 2.16. The summed E-state index contributed by atoms with van der Waals surface area (Å²) in [7, 11) is 0. The van der Waals surface area contributed by atoms with Crippen molar-refractivity contribution in [3.05, 3.63) is 46.6 Å². The van der Waals surface area contributed by atoms with Gasteiger partial charge in [-0.1, -0.05) is 13.8 Å². The van der Waals surface area contributed by atoms with E-state index in [0.29, 0.717) is 11.0 Å². The van der Waals surface area contributed by atoms with Crippen LogP contribution in [0.5, 0.6) is 0 Å². The molecule has 0 atom stereocenters. The molecule has 0 unspecified atom stereocenters. The van der Waals surface area contributed by atoms with Crippen molar-refractivity contribution in [3.8, 4) is 0 Å². The molecule has 0 radical (unpaired) electrons. The molecule has 2 heterocycles. The Morgan fingerprint density at radius 1 is 1.13 bits per heavy atom. The Labute approximate surface area is 86.6 Å². The van der Waals surface area contributed by atoms with Crippen molar-refractivity contribution in [1.29, 1.82) is 0 Å². The second kappa shape index (κ2) is 5.14. The van der Waals surface area contributed by atoms with Gasteiger partial charge in [0.1, 0.15) is 5.82 Å². The standard InChI is InChI=1S/C9H5FN2O.C2H6/c10-7-3-6-1-2-8(13)5-12-9(6)11-4-7;1-2/h1-5H;1-2H3. The van der Waals surface area contributed by atoms with Crippen molar-refractivity contribution >= 4 is 11.0 Å². The number of rotatable bonds is 0.